The van der Waals surface area contributed by atoms with Gasteiger partial charge in [-0.05, 0) is 7.05 Å². The summed E-state index contributed by atoms with van der Waals surface area (Å²) < 4.78 is 1.48. The Morgan fingerprint density at radius 3 is 2.50 bits per heavy atom. The van der Waals surface area contributed by atoms with Crippen LogP contribution in [0, 0.1) is 0 Å². The van der Waals surface area contributed by atoms with Gasteiger partial charge in [0.15, 0.2) is 6.29 Å². The maximum Gasteiger partial charge on any atom is 0.213 e. The van der Waals surface area contributed by atoms with E-state index in [2.05, 4.69) is 15.8 Å². The van der Waals surface area contributed by atoms with Gasteiger partial charge in [0.2, 0.25) is 5.82 Å². The number of carbonyl (C=O) groups excluding carboxylic acids is 1. The van der Waals surface area contributed by atoms with Gasteiger partial charge in [0, 0.05) is 7.05 Å². The SMILES string of the molecule is CN.Cn1cnc(C=O)n1. The Hall–Kier alpha value is -1.23. The summed E-state index contributed by atoms with van der Waals surface area (Å²) >= 11 is 0. The maximum absolute atomic E-state index is 9.88. The van der Waals surface area contributed by atoms with Crippen molar-refractivity contribution in [3.63, 3.8) is 0 Å². The van der Waals surface area contributed by atoms with Gasteiger partial charge in [0.1, 0.15) is 6.33 Å². The smallest absolute Gasteiger partial charge is 0.213 e. The third kappa shape index (κ3) is 2.36. The monoisotopic (exact) mass is 142 g/mol. The highest BCUT2D eigenvalue weighted by Gasteiger charge is 1.90. The van der Waals surface area contributed by atoms with E-state index in [-0.39, 0.29) is 5.82 Å². The summed E-state index contributed by atoms with van der Waals surface area (Å²) in [7, 11) is 3.21. The minimum atomic E-state index is 0.229. The van der Waals surface area contributed by atoms with Crippen molar-refractivity contribution in [1.29, 1.82) is 0 Å². The molecule has 1 aromatic heterocycles. The van der Waals surface area contributed by atoms with Crippen LogP contribution in [-0.4, -0.2) is 28.1 Å². The molecule has 0 bridgehead atoms. The van der Waals surface area contributed by atoms with E-state index >= 15 is 0 Å². The van der Waals surface area contributed by atoms with Crippen LogP contribution in [0.5, 0.6) is 0 Å². The Morgan fingerprint density at radius 1 is 1.70 bits per heavy atom. The molecule has 1 rings (SSSR count). The van der Waals surface area contributed by atoms with Crippen LogP contribution in [0.4, 0.5) is 0 Å². The van der Waals surface area contributed by atoms with Crippen LogP contribution in [0.15, 0.2) is 6.33 Å². The molecule has 0 fully saturated rings. The first-order chi connectivity index (χ1) is 4.83. The molecule has 0 aliphatic rings. The van der Waals surface area contributed by atoms with Gasteiger partial charge in [-0.25, -0.2) is 4.98 Å². The van der Waals surface area contributed by atoms with Gasteiger partial charge >= 0.3 is 0 Å². The van der Waals surface area contributed by atoms with E-state index in [0.717, 1.165) is 0 Å². The number of hydrogen-bond acceptors (Lipinski definition) is 4. The maximum atomic E-state index is 9.88. The van der Waals surface area contributed by atoms with Crippen LogP contribution < -0.4 is 5.73 Å². The van der Waals surface area contributed by atoms with Crippen molar-refractivity contribution in [3.8, 4) is 0 Å². The predicted octanol–water partition coefficient (Wildman–Crippen LogP) is -0.798. The van der Waals surface area contributed by atoms with Crippen molar-refractivity contribution in [2.45, 2.75) is 0 Å². The van der Waals surface area contributed by atoms with Gasteiger partial charge in [-0.3, -0.25) is 9.48 Å². The highest BCUT2D eigenvalue weighted by atomic mass is 16.1. The summed E-state index contributed by atoms with van der Waals surface area (Å²) in [5.74, 6) is 0.229. The molecule has 0 aliphatic heterocycles. The highest BCUT2D eigenvalue weighted by Crippen LogP contribution is 1.78. The molecule has 1 heterocycles. The minimum absolute atomic E-state index is 0.229. The summed E-state index contributed by atoms with van der Waals surface area (Å²) in [6.45, 7) is 0. The predicted molar refractivity (Wildman–Crippen MR) is 36.5 cm³/mol. The Balaban J connectivity index is 0.000000371. The molecule has 0 radical (unpaired) electrons. The van der Waals surface area contributed by atoms with E-state index in [4.69, 9.17) is 0 Å². The van der Waals surface area contributed by atoms with Crippen LogP contribution in [0.2, 0.25) is 0 Å². The third-order valence-corrected chi connectivity index (χ3v) is 0.723. The normalized spacial score (nSPS) is 7.90. The molecule has 1 aromatic rings. The van der Waals surface area contributed by atoms with Crippen LogP contribution >= 0.6 is 0 Å². The van der Waals surface area contributed by atoms with E-state index in [1.165, 1.54) is 18.1 Å². The fourth-order valence-corrected chi connectivity index (χ4v) is 0.410. The summed E-state index contributed by atoms with van der Waals surface area (Å²) in [6.07, 6.45) is 2.09. The summed E-state index contributed by atoms with van der Waals surface area (Å²) in [5.41, 5.74) is 4.50. The van der Waals surface area contributed by atoms with Gasteiger partial charge in [0.05, 0.1) is 0 Å². The zero-order valence-electron chi connectivity index (χ0n) is 5.98. The minimum Gasteiger partial charge on any atom is -0.333 e. The van der Waals surface area contributed by atoms with Crippen molar-refractivity contribution in [2.24, 2.45) is 12.8 Å². The Bertz CT molecular complexity index is 195. The average molecular weight is 142 g/mol. The zero-order valence-corrected chi connectivity index (χ0v) is 5.98. The second kappa shape index (κ2) is 4.63. The lowest BCUT2D eigenvalue weighted by atomic mass is 10.7. The molecule has 0 saturated carbocycles. The summed E-state index contributed by atoms with van der Waals surface area (Å²) in [6, 6.07) is 0. The van der Waals surface area contributed by atoms with Crippen molar-refractivity contribution in [2.75, 3.05) is 7.05 Å². The van der Waals surface area contributed by atoms with E-state index < -0.39 is 0 Å². The van der Waals surface area contributed by atoms with E-state index in [1.807, 2.05) is 0 Å². The topological polar surface area (TPSA) is 73.8 Å². The number of carbonyl (C=O) groups is 1. The van der Waals surface area contributed by atoms with Crippen molar-refractivity contribution < 1.29 is 4.79 Å². The molecule has 0 spiro atoms. The number of aryl methyl sites for hydroxylation is 1. The molecule has 0 saturated heterocycles. The van der Waals surface area contributed by atoms with Crippen molar-refractivity contribution >= 4 is 6.29 Å². The molecule has 56 valence electrons. The van der Waals surface area contributed by atoms with Crippen LogP contribution in [0.1, 0.15) is 10.6 Å². The Kier molecular flexibility index (Phi) is 4.06. The first-order valence-corrected chi connectivity index (χ1v) is 2.71. The zero-order chi connectivity index (χ0) is 7.98. The van der Waals surface area contributed by atoms with Gasteiger partial charge in [-0.15, -0.1) is 5.10 Å². The van der Waals surface area contributed by atoms with Crippen molar-refractivity contribution in [3.05, 3.63) is 12.2 Å². The number of nitrogens with two attached hydrogens (primary N) is 1. The lowest BCUT2D eigenvalue weighted by Crippen LogP contribution is -1.88. The molecule has 0 amide bonds. The number of aromatic nitrogens is 3. The quantitative estimate of drug-likeness (QED) is 0.521. The number of aldehydes is 1. The fraction of sp³-hybridized carbons (Fsp3) is 0.400. The average Bonchev–Trinajstić information content (AvgIpc) is 2.40. The van der Waals surface area contributed by atoms with E-state index in [1.54, 1.807) is 7.05 Å². The standard InChI is InChI=1S/C4H5N3O.CH5N/c1-7-3-5-4(2-8)6-7;1-2/h2-3H,1H3;2H2,1H3. The van der Waals surface area contributed by atoms with E-state index in [0.29, 0.717) is 6.29 Å². The van der Waals surface area contributed by atoms with Gasteiger partial charge in [0.25, 0.3) is 0 Å². The molecule has 2 N–H and O–H groups in total. The van der Waals surface area contributed by atoms with Crippen LogP contribution in [0.3, 0.4) is 0 Å². The molecule has 5 nitrogen and oxygen atoms in total. The van der Waals surface area contributed by atoms with Gasteiger partial charge < -0.3 is 5.73 Å². The molecule has 0 atom stereocenters. The van der Waals surface area contributed by atoms with Crippen LogP contribution in [0.25, 0.3) is 0 Å². The molecular weight excluding hydrogens is 132 g/mol. The van der Waals surface area contributed by atoms with E-state index in [9.17, 15) is 4.79 Å². The summed E-state index contributed by atoms with van der Waals surface area (Å²) in [5, 5.41) is 3.67. The second-order valence-electron chi connectivity index (χ2n) is 1.39. The largest absolute Gasteiger partial charge is 0.333 e. The van der Waals surface area contributed by atoms with Crippen LogP contribution in [-0.2, 0) is 7.05 Å². The molecule has 0 unspecified atom stereocenters. The van der Waals surface area contributed by atoms with Crippen molar-refractivity contribution in [1.82, 2.24) is 14.8 Å². The number of hydrogen-bond donors (Lipinski definition) is 1. The summed E-state index contributed by atoms with van der Waals surface area (Å²) in [4.78, 5) is 13.5. The first kappa shape index (κ1) is 8.77. The fourth-order valence-electron chi connectivity index (χ4n) is 0.410. The van der Waals surface area contributed by atoms with Gasteiger partial charge in [-0.2, -0.15) is 0 Å². The molecule has 10 heavy (non-hydrogen) atoms. The number of nitrogens with zero attached hydrogens (tertiary/aromatic N) is 3. The third-order valence-electron chi connectivity index (χ3n) is 0.723. The molecular formula is C5H10N4O. The lowest BCUT2D eigenvalue weighted by Gasteiger charge is -1.76. The molecule has 0 aliphatic carbocycles. The van der Waals surface area contributed by atoms with Gasteiger partial charge in [-0.1, -0.05) is 0 Å². The molecule has 0 aromatic carbocycles. The second-order valence-corrected chi connectivity index (χ2v) is 1.39. The molecule has 5 heteroatoms. The Labute approximate surface area is 58.9 Å². The Morgan fingerprint density at radius 2 is 2.30 bits per heavy atom. The first-order valence-electron chi connectivity index (χ1n) is 2.71. The highest BCUT2D eigenvalue weighted by molar-refractivity contribution is 5.68. The number of rotatable bonds is 1. The lowest BCUT2D eigenvalue weighted by molar-refractivity contribution is 0.111.